The van der Waals surface area contributed by atoms with Crippen LogP contribution >= 0.6 is 0 Å². The number of amides is 3. The van der Waals surface area contributed by atoms with Crippen molar-refractivity contribution in [3.63, 3.8) is 0 Å². The molecule has 1 aliphatic heterocycles. The molecule has 1 N–H and O–H groups in total. The summed E-state index contributed by atoms with van der Waals surface area (Å²) in [5, 5.41) is 10.5. The molecule has 2 unspecified atom stereocenters. The number of carbonyl (C=O) groups is 3. The fraction of sp³-hybridized carbons (Fsp3) is 0.423. The summed E-state index contributed by atoms with van der Waals surface area (Å²) in [4.78, 5) is 42.6. The van der Waals surface area contributed by atoms with Crippen LogP contribution in [-0.4, -0.2) is 52.3 Å². The molecule has 2 aliphatic rings. The van der Waals surface area contributed by atoms with Crippen molar-refractivity contribution in [1.29, 1.82) is 0 Å². The summed E-state index contributed by atoms with van der Waals surface area (Å²) in [6, 6.07) is 14.5. The van der Waals surface area contributed by atoms with Gasteiger partial charge in [0.2, 0.25) is 17.7 Å². The van der Waals surface area contributed by atoms with Crippen LogP contribution in [0.25, 0.3) is 0 Å². The quantitative estimate of drug-likeness (QED) is 0.654. The number of nitrogens with zero attached hydrogens (tertiary/aromatic N) is 2. The van der Waals surface area contributed by atoms with E-state index in [1.807, 2.05) is 6.07 Å². The third kappa shape index (κ3) is 4.55. The smallest absolute Gasteiger partial charge is 0.241 e. The number of carbonyl (C=O) groups excluding carboxylic acids is 3. The number of benzene rings is 2. The second-order valence-electron chi connectivity index (χ2n) is 9.15. The molecule has 0 aromatic heterocycles. The zero-order valence-electron chi connectivity index (χ0n) is 18.7. The lowest BCUT2D eigenvalue weighted by Gasteiger charge is -2.31. The molecule has 1 heterocycles. The standard InChI is InChI=1S/C26H29FN2O4/c1-28(17-22(30)18-8-3-2-4-9-18)23(31)15-26(19-10-7-11-20(27)14-19)16-24(32)29(25(26)33)21-12-5-6-13-21/h2-4,7-11,14,21-22,30H,5-6,12-13,15-17H2,1H3. The molecule has 4 rings (SSSR count). The van der Waals surface area contributed by atoms with Crippen LogP contribution in [0.3, 0.4) is 0 Å². The zero-order chi connectivity index (χ0) is 23.6. The predicted octanol–water partition coefficient (Wildman–Crippen LogP) is 3.35. The van der Waals surface area contributed by atoms with Crippen molar-refractivity contribution in [3.8, 4) is 0 Å². The Morgan fingerprint density at radius 1 is 1.15 bits per heavy atom. The van der Waals surface area contributed by atoms with Gasteiger partial charge >= 0.3 is 0 Å². The monoisotopic (exact) mass is 452 g/mol. The molecule has 6 nitrogen and oxygen atoms in total. The van der Waals surface area contributed by atoms with E-state index in [1.165, 1.54) is 28.0 Å². The minimum absolute atomic E-state index is 0.0382. The van der Waals surface area contributed by atoms with Crippen molar-refractivity contribution in [2.45, 2.75) is 56.1 Å². The van der Waals surface area contributed by atoms with Gasteiger partial charge in [-0.2, -0.15) is 0 Å². The first kappa shape index (κ1) is 23.1. The van der Waals surface area contributed by atoms with Gasteiger partial charge in [-0.25, -0.2) is 4.39 Å². The molecular formula is C26H29FN2O4. The normalized spacial score (nSPS) is 22.1. The lowest BCUT2D eigenvalue weighted by atomic mass is 9.75. The first-order chi connectivity index (χ1) is 15.8. The number of hydrogen-bond acceptors (Lipinski definition) is 4. The molecule has 174 valence electrons. The Morgan fingerprint density at radius 3 is 2.52 bits per heavy atom. The van der Waals surface area contributed by atoms with Crippen LogP contribution in [0.2, 0.25) is 0 Å². The first-order valence-electron chi connectivity index (χ1n) is 11.4. The number of hydrogen-bond donors (Lipinski definition) is 1. The SMILES string of the molecule is CN(CC(O)c1ccccc1)C(=O)CC1(c2cccc(F)c2)CC(=O)N(C2CCCC2)C1=O. The van der Waals surface area contributed by atoms with E-state index in [0.29, 0.717) is 11.1 Å². The Balaban J connectivity index is 1.60. The second-order valence-corrected chi connectivity index (χ2v) is 9.15. The average molecular weight is 453 g/mol. The fourth-order valence-electron chi connectivity index (χ4n) is 5.08. The van der Waals surface area contributed by atoms with E-state index in [0.717, 1.165) is 25.7 Å². The number of rotatable bonds is 7. The molecule has 33 heavy (non-hydrogen) atoms. The number of imide groups is 1. The minimum atomic E-state index is -1.44. The Kier molecular flexibility index (Phi) is 6.61. The maximum absolute atomic E-state index is 14.1. The highest BCUT2D eigenvalue weighted by molar-refractivity contribution is 6.11. The minimum Gasteiger partial charge on any atom is -0.387 e. The van der Waals surface area contributed by atoms with E-state index in [9.17, 15) is 23.9 Å². The van der Waals surface area contributed by atoms with Gasteiger partial charge in [0.15, 0.2) is 0 Å². The molecular weight excluding hydrogens is 423 g/mol. The summed E-state index contributed by atoms with van der Waals surface area (Å²) in [6.45, 7) is 0.0382. The Hall–Kier alpha value is -3.06. The van der Waals surface area contributed by atoms with Gasteiger partial charge in [0.1, 0.15) is 5.82 Å². The van der Waals surface area contributed by atoms with Gasteiger partial charge in [-0.1, -0.05) is 55.3 Å². The lowest BCUT2D eigenvalue weighted by molar-refractivity contribution is -0.144. The summed E-state index contributed by atoms with van der Waals surface area (Å²) in [5.41, 5.74) is -0.423. The predicted molar refractivity (Wildman–Crippen MR) is 120 cm³/mol. The molecule has 7 heteroatoms. The largest absolute Gasteiger partial charge is 0.387 e. The molecule has 2 atom stereocenters. The van der Waals surface area contributed by atoms with Gasteiger partial charge < -0.3 is 10.0 Å². The van der Waals surface area contributed by atoms with Crippen LogP contribution in [0.15, 0.2) is 54.6 Å². The Labute approximate surface area is 193 Å². The van der Waals surface area contributed by atoms with Gasteiger partial charge in [0, 0.05) is 25.9 Å². The third-order valence-electron chi connectivity index (χ3n) is 6.93. The fourth-order valence-corrected chi connectivity index (χ4v) is 5.08. The van der Waals surface area contributed by atoms with Crippen molar-refractivity contribution in [3.05, 3.63) is 71.5 Å². The molecule has 2 aromatic carbocycles. The molecule has 0 spiro atoms. The third-order valence-corrected chi connectivity index (χ3v) is 6.93. The number of halogens is 1. The molecule has 1 saturated carbocycles. The summed E-state index contributed by atoms with van der Waals surface area (Å²) < 4.78 is 14.1. The number of likely N-dealkylation sites (N-methyl/N-ethyl adjacent to an activating group) is 1. The highest BCUT2D eigenvalue weighted by Crippen LogP contribution is 2.43. The van der Waals surface area contributed by atoms with E-state index >= 15 is 0 Å². The molecule has 0 bridgehead atoms. The molecule has 2 fully saturated rings. The van der Waals surface area contributed by atoms with Crippen LogP contribution in [0.5, 0.6) is 0 Å². The lowest BCUT2D eigenvalue weighted by Crippen LogP contribution is -2.45. The van der Waals surface area contributed by atoms with E-state index in [-0.39, 0.29) is 37.2 Å². The summed E-state index contributed by atoms with van der Waals surface area (Å²) >= 11 is 0. The molecule has 0 radical (unpaired) electrons. The number of aliphatic hydroxyl groups excluding tert-OH is 1. The van der Waals surface area contributed by atoms with Gasteiger partial charge in [0.25, 0.3) is 0 Å². The summed E-state index contributed by atoms with van der Waals surface area (Å²) in [7, 11) is 1.56. The van der Waals surface area contributed by atoms with Crippen LogP contribution in [0.1, 0.15) is 55.8 Å². The maximum Gasteiger partial charge on any atom is 0.241 e. The molecule has 3 amide bonds. The maximum atomic E-state index is 14.1. The summed E-state index contributed by atoms with van der Waals surface area (Å²) in [6.07, 6.45) is 2.11. The zero-order valence-corrected chi connectivity index (χ0v) is 18.7. The van der Waals surface area contributed by atoms with Crippen molar-refractivity contribution in [2.75, 3.05) is 13.6 Å². The van der Waals surface area contributed by atoms with E-state index in [2.05, 4.69) is 0 Å². The van der Waals surface area contributed by atoms with Crippen LogP contribution in [0, 0.1) is 5.82 Å². The average Bonchev–Trinajstić information content (AvgIpc) is 3.41. The van der Waals surface area contributed by atoms with Gasteiger partial charge in [-0.05, 0) is 36.1 Å². The van der Waals surface area contributed by atoms with Gasteiger partial charge in [-0.15, -0.1) is 0 Å². The van der Waals surface area contributed by atoms with E-state index in [1.54, 1.807) is 37.4 Å². The van der Waals surface area contributed by atoms with Crippen LogP contribution < -0.4 is 0 Å². The van der Waals surface area contributed by atoms with Crippen molar-refractivity contribution >= 4 is 17.7 Å². The molecule has 1 saturated heterocycles. The highest BCUT2D eigenvalue weighted by Gasteiger charge is 2.55. The topological polar surface area (TPSA) is 77.9 Å². The van der Waals surface area contributed by atoms with Crippen molar-refractivity contribution < 1.29 is 23.9 Å². The van der Waals surface area contributed by atoms with Gasteiger partial charge in [0.05, 0.1) is 18.1 Å². The van der Waals surface area contributed by atoms with E-state index < -0.39 is 23.2 Å². The van der Waals surface area contributed by atoms with E-state index in [4.69, 9.17) is 0 Å². The molecule has 2 aromatic rings. The van der Waals surface area contributed by atoms with Crippen molar-refractivity contribution in [1.82, 2.24) is 9.80 Å². The Bertz CT molecular complexity index is 1040. The summed E-state index contributed by atoms with van der Waals surface area (Å²) in [5.74, 6) is -1.64. The second kappa shape index (κ2) is 9.43. The van der Waals surface area contributed by atoms with Crippen LogP contribution in [-0.2, 0) is 19.8 Å². The number of aliphatic hydroxyl groups is 1. The van der Waals surface area contributed by atoms with Gasteiger partial charge in [-0.3, -0.25) is 19.3 Å². The van der Waals surface area contributed by atoms with Crippen molar-refractivity contribution in [2.24, 2.45) is 0 Å². The number of likely N-dealkylation sites (tertiary alicyclic amines) is 1. The Morgan fingerprint density at radius 2 is 1.85 bits per heavy atom. The van der Waals surface area contributed by atoms with Crippen LogP contribution in [0.4, 0.5) is 4.39 Å². The molecule has 1 aliphatic carbocycles. The first-order valence-corrected chi connectivity index (χ1v) is 11.4. The highest BCUT2D eigenvalue weighted by atomic mass is 19.1.